The highest BCUT2D eigenvalue weighted by molar-refractivity contribution is 5.26. The zero-order valence-corrected chi connectivity index (χ0v) is 11.5. The second kappa shape index (κ2) is 6.08. The van der Waals surface area contributed by atoms with Crippen LogP contribution in [0, 0.1) is 11.8 Å². The fourth-order valence-corrected chi connectivity index (χ4v) is 2.46. The molecule has 0 saturated carbocycles. The van der Waals surface area contributed by atoms with E-state index in [0.717, 1.165) is 11.8 Å². The van der Waals surface area contributed by atoms with Crippen molar-refractivity contribution in [1.29, 1.82) is 0 Å². The third-order valence-electron chi connectivity index (χ3n) is 3.30. The van der Waals surface area contributed by atoms with Crippen molar-refractivity contribution in [3.8, 4) is 0 Å². The lowest BCUT2D eigenvalue weighted by Crippen LogP contribution is -2.05. The minimum absolute atomic E-state index is 0.716. The van der Waals surface area contributed by atoms with Crippen LogP contribution in [0.1, 0.15) is 58.1 Å². The van der Waals surface area contributed by atoms with E-state index in [0.29, 0.717) is 5.92 Å². The standard InChI is InChI=1S/C16H26/c1-6-16(13(4)5)15-9-7-14(8-10-15)11-12(2)3/h7-10,12-13,16H,6,11H2,1-5H3. The molecule has 0 radical (unpaired) electrons. The topological polar surface area (TPSA) is 0 Å². The minimum atomic E-state index is 0.716. The Morgan fingerprint density at radius 1 is 0.938 bits per heavy atom. The average molecular weight is 218 g/mol. The molecule has 0 amide bonds. The lowest BCUT2D eigenvalue weighted by molar-refractivity contribution is 0.485. The molecular weight excluding hydrogens is 192 g/mol. The molecule has 0 aliphatic heterocycles. The van der Waals surface area contributed by atoms with Gasteiger partial charge in [-0.1, -0.05) is 58.9 Å². The van der Waals surface area contributed by atoms with E-state index in [1.165, 1.54) is 24.0 Å². The Balaban J connectivity index is 2.77. The molecule has 0 aromatic heterocycles. The van der Waals surface area contributed by atoms with Crippen molar-refractivity contribution in [2.75, 3.05) is 0 Å². The summed E-state index contributed by atoms with van der Waals surface area (Å²) in [5.74, 6) is 2.20. The predicted octanol–water partition coefficient (Wildman–Crippen LogP) is 5.03. The molecule has 0 aliphatic carbocycles. The monoisotopic (exact) mass is 218 g/mol. The van der Waals surface area contributed by atoms with E-state index in [4.69, 9.17) is 0 Å². The second-order valence-electron chi connectivity index (χ2n) is 5.60. The van der Waals surface area contributed by atoms with Gasteiger partial charge < -0.3 is 0 Å². The van der Waals surface area contributed by atoms with Crippen molar-refractivity contribution < 1.29 is 0 Å². The summed E-state index contributed by atoms with van der Waals surface area (Å²) in [5, 5.41) is 0. The zero-order chi connectivity index (χ0) is 12.1. The number of hydrogen-bond acceptors (Lipinski definition) is 0. The van der Waals surface area contributed by atoms with Gasteiger partial charge in [-0.3, -0.25) is 0 Å². The molecule has 0 N–H and O–H groups in total. The predicted molar refractivity (Wildman–Crippen MR) is 72.9 cm³/mol. The number of benzene rings is 1. The van der Waals surface area contributed by atoms with Crippen LogP contribution in [0.25, 0.3) is 0 Å². The van der Waals surface area contributed by atoms with Crippen LogP contribution in [0.15, 0.2) is 24.3 Å². The quantitative estimate of drug-likeness (QED) is 0.650. The Morgan fingerprint density at radius 2 is 1.50 bits per heavy atom. The van der Waals surface area contributed by atoms with Crippen LogP contribution < -0.4 is 0 Å². The van der Waals surface area contributed by atoms with Gasteiger partial charge in [-0.05, 0) is 41.7 Å². The largest absolute Gasteiger partial charge is 0.0648 e. The van der Waals surface area contributed by atoms with Crippen molar-refractivity contribution in [3.63, 3.8) is 0 Å². The normalized spacial score (nSPS) is 13.4. The van der Waals surface area contributed by atoms with Crippen molar-refractivity contribution in [1.82, 2.24) is 0 Å². The molecule has 0 nitrogen and oxygen atoms in total. The third-order valence-corrected chi connectivity index (χ3v) is 3.30. The van der Waals surface area contributed by atoms with Crippen molar-refractivity contribution in [2.45, 2.75) is 53.4 Å². The summed E-state index contributed by atoms with van der Waals surface area (Å²) in [7, 11) is 0. The second-order valence-corrected chi connectivity index (χ2v) is 5.60. The van der Waals surface area contributed by atoms with E-state index in [1.54, 1.807) is 0 Å². The van der Waals surface area contributed by atoms with E-state index in [2.05, 4.69) is 58.9 Å². The maximum Gasteiger partial charge on any atom is -0.0141 e. The molecule has 1 atom stereocenters. The minimum Gasteiger partial charge on any atom is -0.0648 e. The molecule has 0 bridgehead atoms. The highest BCUT2D eigenvalue weighted by Gasteiger charge is 2.13. The first-order valence-electron chi connectivity index (χ1n) is 6.63. The van der Waals surface area contributed by atoms with Gasteiger partial charge in [0.2, 0.25) is 0 Å². The van der Waals surface area contributed by atoms with Gasteiger partial charge in [-0.15, -0.1) is 0 Å². The zero-order valence-electron chi connectivity index (χ0n) is 11.5. The maximum atomic E-state index is 2.33. The Labute approximate surface area is 101 Å². The van der Waals surface area contributed by atoms with Crippen LogP contribution in [0.3, 0.4) is 0 Å². The summed E-state index contributed by atoms with van der Waals surface area (Å²) in [5.41, 5.74) is 2.97. The van der Waals surface area contributed by atoms with Gasteiger partial charge >= 0.3 is 0 Å². The van der Waals surface area contributed by atoms with Gasteiger partial charge in [0.05, 0.1) is 0 Å². The molecule has 16 heavy (non-hydrogen) atoms. The van der Waals surface area contributed by atoms with Crippen LogP contribution in [0.4, 0.5) is 0 Å². The molecule has 1 aromatic carbocycles. The summed E-state index contributed by atoms with van der Waals surface area (Å²) in [6.45, 7) is 11.5. The molecule has 0 aliphatic rings. The van der Waals surface area contributed by atoms with Crippen LogP contribution in [0.2, 0.25) is 0 Å². The summed E-state index contributed by atoms with van der Waals surface area (Å²) in [6.07, 6.45) is 2.43. The first-order valence-corrected chi connectivity index (χ1v) is 6.63. The fourth-order valence-electron chi connectivity index (χ4n) is 2.46. The van der Waals surface area contributed by atoms with E-state index >= 15 is 0 Å². The van der Waals surface area contributed by atoms with E-state index < -0.39 is 0 Å². The smallest absolute Gasteiger partial charge is 0.0141 e. The molecule has 90 valence electrons. The average Bonchev–Trinajstić information content (AvgIpc) is 2.20. The fraction of sp³-hybridized carbons (Fsp3) is 0.625. The molecule has 1 aromatic rings. The molecule has 0 saturated heterocycles. The molecule has 0 spiro atoms. The van der Waals surface area contributed by atoms with Gasteiger partial charge in [0.25, 0.3) is 0 Å². The Hall–Kier alpha value is -0.780. The molecule has 1 unspecified atom stereocenters. The Bertz CT molecular complexity index is 292. The molecule has 1 rings (SSSR count). The lowest BCUT2D eigenvalue weighted by atomic mass is 9.86. The summed E-state index contributed by atoms with van der Waals surface area (Å²) >= 11 is 0. The summed E-state index contributed by atoms with van der Waals surface area (Å²) in [6, 6.07) is 9.26. The highest BCUT2D eigenvalue weighted by atomic mass is 14.2. The van der Waals surface area contributed by atoms with E-state index in [1.807, 2.05) is 0 Å². The number of hydrogen-bond donors (Lipinski definition) is 0. The van der Waals surface area contributed by atoms with Crippen molar-refractivity contribution in [3.05, 3.63) is 35.4 Å². The maximum absolute atomic E-state index is 2.33. The Morgan fingerprint density at radius 3 is 1.88 bits per heavy atom. The van der Waals surface area contributed by atoms with Gasteiger partial charge in [0, 0.05) is 0 Å². The number of rotatable bonds is 5. The van der Waals surface area contributed by atoms with Gasteiger partial charge in [-0.25, -0.2) is 0 Å². The van der Waals surface area contributed by atoms with Crippen molar-refractivity contribution in [2.24, 2.45) is 11.8 Å². The highest BCUT2D eigenvalue weighted by Crippen LogP contribution is 2.27. The van der Waals surface area contributed by atoms with Crippen molar-refractivity contribution >= 4 is 0 Å². The first kappa shape index (κ1) is 13.3. The lowest BCUT2D eigenvalue weighted by Gasteiger charge is -2.19. The van der Waals surface area contributed by atoms with Gasteiger partial charge in [-0.2, -0.15) is 0 Å². The van der Waals surface area contributed by atoms with Crippen LogP contribution >= 0.6 is 0 Å². The SMILES string of the molecule is CCC(c1ccc(CC(C)C)cc1)C(C)C. The Kier molecular flexibility index (Phi) is 5.05. The van der Waals surface area contributed by atoms with Gasteiger partial charge in [0.15, 0.2) is 0 Å². The van der Waals surface area contributed by atoms with Gasteiger partial charge in [0.1, 0.15) is 0 Å². The first-order chi connectivity index (χ1) is 7.54. The molecule has 0 heteroatoms. The molecule has 0 fully saturated rings. The molecular formula is C16H26. The molecule has 0 heterocycles. The third kappa shape index (κ3) is 3.66. The summed E-state index contributed by atoms with van der Waals surface area (Å²) in [4.78, 5) is 0. The van der Waals surface area contributed by atoms with Crippen LogP contribution in [0.5, 0.6) is 0 Å². The summed E-state index contributed by atoms with van der Waals surface area (Å²) < 4.78 is 0. The van der Waals surface area contributed by atoms with E-state index in [9.17, 15) is 0 Å². The van der Waals surface area contributed by atoms with E-state index in [-0.39, 0.29) is 0 Å². The van der Waals surface area contributed by atoms with Crippen LogP contribution in [-0.4, -0.2) is 0 Å². The van der Waals surface area contributed by atoms with Crippen LogP contribution in [-0.2, 0) is 6.42 Å².